The molecule has 0 aliphatic rings. The second-order valence-electron chi connectivity index (χ2n) is 3.89. The van der Waals surface area contributed by atoms with Crippen molar-refractivity contribution in [1.82, 2.24) is 9.97 Å². The second-order valence-corrected chi connectivity index (χ2v) is 4.74. The highest BCUT2D eigenvalue weighted by Crippen LogP contribution is 2.28. The minimum atomic E-state index is -0.262. The molecule has 2 aromatic rings. The average Bonchev–Trinajstić information content (AvgIpc) is 2.38. The van der Waals surface area contributed by atoms with Gasteiger partial charge in [-0.05, 0) is 53.5 Å². The Morgan fingerprint density at radius 2 is 2.21 bits per heavy atom. The van der Waals surface area contributed by atoms with Gasteiger partial charge in [-0.15, -0.1) is 0 Å². The van der Waals surface area contributed by atoms with E-state index >= 15 is 0 Å². The Labute approximate surface area is 119 Å². The number of aryl methyl sites for hydroxylation is 1. The normalized spacial score (nSPS) is 10.3. The molecule has 1 N–H and O–H groups in total. The fourth-order valence-electron chi connectivity index (χ4n) is 1.46. The van der Waals surface area contributed by atoms with Gasteiger partial charge >= 0.3 is 0 Å². The molecule has 0 spiro atoms. The minimum absolute atomic E-state index is 0.262. The van der Waals surface area contributed by atoms with E-state index in [2.05, 4.69) is 31.2 Å². The highest BCUT2D eigenvalue weighted by molar-refractivity contribution is 9.10. The molecule has 0 amide bonds. The molecule has 0 unspecified atom stereocenters. The first-order chi connectivity index (χ1) is 9.10. The van der Waals surface area contributed by atoms with Gasteiger partial charge in [0.1, 0.15) is 11.6 Å². The molecule has 0 saturated heterocycles. The van der Waals surface area contributed by atoms with Crippen molar-refractivity contribution in [2.24, 2.45) is 0 Å². The lowest BCUT2D eigenvalue weighted by Gasteiger charge is -2.09. The van der Waals surface area contributed by atoms with Crippen molar-refractivity contribution in [2.75, 3.05) is 11.9 Å². The number of hydrogen-bond donors (Lipinski definition) is 1. The lowest BCUT2D eigenvalue weighted by molar-refractivity contribution is 0.456. The molecular formula is C13H13BrFN3O. The monoisotopic (exact) mass is 325 g/mol. The molecule has 0 saturated carbocycles. The van der Waals surface area contributed by atoms with Crippen LogP contribution in [0.1, 0.15) is 12.5 Å². The zero-order valence-corrected chi connectivity index (χ0v) is 12.2. The summed E-state index contributed by atoms with van der Waals surface area (Å²) >= 11 is 3.32. The number of benzene rings is 1. The van der Waals surface area contributed by atoms with Crippen LogP contribution in [-0.2, 0) is 0 Å². The van der Waals surface area contributed by atoms with Crippen molar-refractivity contribution < 1.29 is 9.13 Å². The van der Waals surface area contributed by atoms with E-state index in [-0.39, 0.29) is 5.82 Å². The predicted octanol–water partition coefficient (Wildman–Crippen LogP) is 3.91. The van der Waals surface area contributed by atoms with Crippen LogP contribution in [0.3, 0.4) is 0 Å². The SMILES string of the molecule is CCNc1ncc(Br)c(Oc2ccc(F)c(C)c2)n1. The summed E-state index contributed by atoms with van der Waals surface area (Å²) in [6, 6.07) is 4.55. The largest absolute Gasteiger partial charge is 0.438 e. The molecule has 1 aromatic heterocycles. The molecule has 19 heavy (non-hydrogen) atoms. The van der Waals surface area contributed by atoms with Crippen LogP contribution in [-0.4, -0.2) is 16.5 Å². The maximum Gasteiger partial charge on any atom is 0.238 e. The maximum absolute atomic E-state index is 13.2. The molecule has 0 radical (unpaired) electrons. The number of ether oxygens (including phenoxy) is 1. The van der Waals surface area contributed by atoms with Gasteiger partial charge in [0, 0.05) is 6.54 Å². The van der Waals surface area contributed by atoms with Gasteiger partial charge in [0.25, 0.3) is 0 Å². The summed E-state index contributed by atoms with van der Waals surface area (Å²) in [5, 5.41) is 3.00. The van der Waals surface area contributed by atoms with Crippen molar-refractivity contribution in [3.05, 3.63) is 40.2 Å². The summed E-state index contributed by atoms with van der Waals surface area (Å²) in [7, 11) is 0. The van der Waals surface area contributed by atoms with Gasteiger partial charge < -0.3 is 10.1 Å². The van der Waals surface area contributed by atoms with E-state index in [1.807, 2.05) is 6.92 Å². The first kappa shape index (κ1) is 13.7. The number of anilines is 1. The summed E-state index contributed by atoms with van der Waals surface area (Å²) in [4.78, 5) is 8.32. The molecular weight excluding hydrogens is 313 g/mol. The zero-order valence-electron chi connectivity index (χ0n) is 10.6. The van der Waals surface area contributed by atoms with Crippen LogP contribution in [0, 0.1) is 12.7 Å². The Hall–Kier alpha value is -1.69. The van der Waals surface area contributed by atoms with Crippen molar-refractivity contribution in [3.8, 4) is 11.6 Å². The van der Waals surface area contributed by atoms with Gasteiger partial charge in [0.2, 0.25) is 11.8 Å². The second kappa shape index (κ2) is 5.97. The Morgan fingerprint density at radius 1 is 1.42 bits per heavy atom. The highest BCUT2D eigenvalue weighted by atomic mass is 79.9. The Bertz CT molecular complexity index is 592. The molecule has 1 heterocycles. The van der Waals surface area contributed by atoms with Crippen LogP contribution in [0.4, 0.5) is 10.3 Å². The molecule has 2 rings (SSSR count). The van der Waals surface area contributed by atoms with Crippen LogP contribution in [0.15, 0.2) is 28.9 Å². The average molecular weight is 326 g/mol. The Morgan fingerprint density at radius 3 is 2.89 bits per heavy atom. The highest BCUT2D eigenvalue weighted by Gasteiger charge is 2.08. The van der Waals surface area contributed by atoms with Gasteiger partial charge in [0.15, 0.2) is 0 Å². The van der Waals surface area contributed by atoms with E-state index in [9.17, 15) is 4.39 Å². The van der Waals surface area contributed by atoms with E-state index in [1.165, 1.54) is 6.07 Å². The topological polar surface area (TPSA) is 47.0 Å². The molecule has 4 nitrogen and oxygen atoms in total. The number of aromatic nitrogens is 2. The molecule has 0 fully saturated rings. The van der Waals surface area contributed by atoms with Crippen LogP contribution >= 0.6 is 15.9 Å². The Balaban J connectivity index is 2.26. The molecule has 0 aliphatic carbocycles. The fraction of sp³-hybridized carbons (Fsp3) is 0.231. The Kier molecular flexibility index (Phi) is 4.31. The molecule has 0 atom stereocenters. The lowest BCUT2D eigenvalue weighted by atomic mass is 10.2. The zero-order chi connectivity index (χ0) is 13.8. The number of hydrogen-bond acceptors (Lipinski definition) is 4. The molecule has 0 bridgehead atoms. The summed E-state index contributed by atoms with van der Waals surface area (Å²) in [5.74, 6) is 1.14. The van der Waals surface area contributed by atoms with Gasteiger partial charge in [-0.1, -0.05) is 0 Å². The maximum atomic E-state index is 13.2. The first-order valence-corrected chi connectivity index (χ1v) is 6.60. The van der Waals surface area contributed by atoms with E-state index in [4.69, 9.17) is 4.74 Å². The van der Waals surface area contributed by atoms with Gasteiger partial charge in [0.05, 0.1) is 10.7 Å². The van der Waals surface area contributed by atoms with Gasteiger partial charge in [-0.3, -0.25) is 0 Å². The van der Waals surface area contributed by atoms with Crippen molar-refractivity contribution in [3.63, 3.8) is 0 Å². The van der Waals surface area contributed by atoms with Crippen molar-refractivity contribution in [1.29, 1.82) is 0 Å². The van der Waals surface area contributed by atoms with Gasteiger partial charge in [-0.25, -0.2) is 9.37 Å². The summed E-state index contributed by atoms with van der Waals surface area (Å²) in [5.41, 5.74) is 0.523. The third kappa shape index (κ3) is 3.41. The smallest absolute Gasteiger partial charge is 0.238 e. The van der Waals surface area contributed by atoms with Crippen molar-refractivity contribution in [2.45, 2.75) is 13.8 Å². The number of nitrogens with one attached hydrogen (secondary N) is 1. The molecule has 6 heteroatoms. The molecule has 1 aromatic carbocycles. The minimum Gasteiger partial charge on any atom is -0.438 e. The molecule has 100 valence electrons. The summed E-state index contributed by atoms with van der Waals surface area (Å²) < 4.78 is 19.4. The van der Waals surface area contributed by atoms with Crippen LogP contribution < -0.4 is 10.1 Å². The van der Waals surface area contributed by atoms with Crippen molar-refractivity contribution >= 4 is 21.9 Å². The number of rotatable bonds is 4. The van der Waals surface area contributed by atoms with E-state index in [0.717, 1.165) is 6.54 Å². The van der Waals surface area contributed by atoms with E-state index < -0.39 is 0 Å². The number of halogens is 2. The van der Waals surface area contributed by atoms with E-state index in [1.54, 1.807) is 25.3 Å². The van der Waals surface area contributed by atoms with Crippen LogP contribution in [0.5, 0.6) is 11.6 Å². The van der Waals surface area contributed by atoms with E-state index in [0.29, 0.717) is 27.6 Å². The summed E-state index contributed by atoms with van der Waals surface area (Å²) in [6.45, 7) is 4.35. The third-order valence-corrected chi connectivity index (χ3v) is 2.93. The standard InChI is InChI=1S/C13H13BrFN3O/c1-3-16-13-17-7-10(14)12(18-13)19-9-4-5-11(15)8(2)6-9/h4-7H,3H2,1-2H3,(H,16,17,18). The van der Waals surface area contributed by atoms with Crippen LogP contribution in [0.25, 0.3) is 0 Å². The third-order valence-electron chi connectivity index (χ3n) is 2.39. The number of nitrogens with zero attached hydrogens (tertiary/aromatic N) is 2. The quantitative estimate of drug-likeness (QED) is 0.925. The van der Waals surface area contributed by atoms with Gasteiger partial charge in [-0.2, -0.15) is 4.98 Å². The predicted molar refractivity (Wildman–Crippen MR) is 75.1 cm³/mol. The summed E-state index contributed by atoms with van der Waals surface area (Å²) in [6.07, 6.45) is 1.61. The van der Waals surface area contributed by atoms with Crippen LogP contribution in [0.2, 0.25) is 0 Å². The first-order valence-electron chi connectivity index (χ1n) is 5.80. The fourth-order valence-corrected chi connectivity index (χ4v) is 1.73. The molecule has 0 aliphatic heterocycles. The lowest BCUT2D eigenvalue weighted by Crippen LogP contribution is -2.03.